The summed E-state index contributed by atoms with van der Waals surface area (Å²) in [5, 5.41) is 8.81. The van der Waals surface area contributed by atoms with Crippen LogP contribution in [0.2, 0.25) is 0 Å². The van der Waals surface area contributed by atoms with E-state index >= 15 is 0 Å². The number of carbonyl (C=O) groups is 1. The molecule has 0 aliphatic carbocycles. The zero-order chi connectivity index (χ0) is 8.65. The Morgan fingerprint density at radius 1 is 1.73 bits per heavy atom. The normalized spacial score (nSPS) is 24.2. The summed E-state index contributed by atoms with van der Waals surface area (Å²) in [5.41, 5.74) is -1.25. The molecule has 0 aromatic heterocycles. The van der Waals surface area contributed by atoms with Crippen molar-refractivity contribution in [1.82, 2.24) is 4.90 Å². The number of halogens is 1. The minimum Gasteiger partial charge on any atom is -0.384 e. The predicted octanol–water partition coefficient (Wildman–Crippen LogP) is -0.0624. The van der Waals surface area contributed by atoms with Crippen LogP contribution in [-0.2, 0) is 4.79 Å². The van der Waals surface area contributed by atoms with E-state index in [1.54, 1.807) is 0 Å². The number of rotatable bonds is 1. The molecule has 0 aromatic rings. The zero-order valence-electron chi connectivity index (χ0n) is 6.67. The molecule has 1 atom stereocenters. The number of hydrogen-bond donors (Lipinski definition) is 1. The summed E-state index contributed by atoms with van der Waals surface area (Å²) in [4.78, 5) is 12.2. The molecule has 64 valence electrons. The highest BCUT2D eigenvalue weighted by Gasteiger charge is 2.42. The number of alkyl halides is 1. The van der Waals surface area contributed by atoms with Gasteiger partial charge in [-0.2, -0.15) is 0 Å². The summed E-state index contributed by atoms with van der Waals surface area (Å²) >= 11 is 0. The highest BCUT2D eigenvalue weighted by Crippen LogP contribution is 2.24. The average molecular weight is 161 g/mol. The van der Waals surface area contributed by atoms with Crippen LogP contribution >= 0.6 is 0 Å². The smallest absolute Gasteiger partial charge is 0.251 e. The van der Waals surface area contributed by atoms with Crippen molar-refractivity contribution in [3.05, 3.63) is 0 Å². The fourth-order valence-corrected chi connectivity index (χ4v) is 1.17. The number of likely N-dealkylation sites (tertiary alicyclic amines) is 1. The maximum absolute atomic E-state index is 12.8. The summed E-state index contributed by atoms with van der Waals surface area (Å²) in [5.74, 6) is -0.389. The van der Waals surface area contributed by atoms with Crippen LogP contribution in [0.1, 0.15) is 13.8 Å². The number of aliphatic hydroxyl groups excluding tert-OH is 1. The van der Waals surface area contributed by atoms with Crippen molar-refractivity contribution in [2.75, 3.05) is 13.1 Å². The van der Waals surface area contributed by atoms with Crippen LogP contribution < -0.4 is 0 Å². The first-order valence-corrected chi connectivity index (χ1v) is 3.58. The van der Waals surface area contributed by atoms with Crippen LogP contribution in [0.25, 0.3) is 0 Å². The summed E-state index contributed by atoms with van der Waals surface area (Å²) in [6.07, 6.45) is -1.01. The summed E-state index contributed by atoms with van der Waals surface area (Å²) < 4.78 is 12.8. The molecule has 1 rings (SSSR count). The van der Waals surface area contributed by atoms with Crippen molar-refractivity contribution in [3.63, 3.8) is 0 Å². The first-order chi connectivity index (χ1) is 4.92. The first kappa shape index (κ1) is 8.46. The number of hydrogen-bond acceptors (Lipinski definition) is 2. The first-order valence-electron chi connectivity index (χ1n) is 3.58. The fraction of sp³-hybridized carbons (Fsp3) is 0.857. The molecule has 1 fully saturated rings. The van der Waals surface area contributed by atoms with E-state index in [-0.39, 0.29) is 19.0 Å². The maximum atomic E-state index is 12.8. The van der Waals surface area contributed by atoms with Crippen LogP contribution in [-0.4, -0.2) is 40.8 Å². The van der Waals surface area contributed by atoms with Crippen LogP contribution in [0.3, 0.4) is 0 Å². The van der Waals surface area contributed by atoms with Gasteiger partial charge in [0.05, 0.1) is 13.1 Å². The Labute approximate surface area is 64.8 Å². The maximum Gasteiger partial charge on any atom is 0.251 e. The summed E-state index contributed by atoms with van der Waals surface area (Å²) in [6, 6.07) is 0. The molecule has 1 aliphatic rings. The standard InChI is InChI=1S/C7H12FNO2/c1-5(10)6(11)9-3-7(2,8)4-9/h5,10H,3-4H2,1-2H3/t5-/m1/s1. The fourth-order valence-electron chi connectivity index (χ4n) is 1.17. The van der Waals surface area contributed by atoms with E-state index in [2.05, 4.69) is 0 Å². The van der Waals surface area contributed by atoms with Crippen LogP contribution in [0, 0.1) is 0 Å². The number of nitrogens with zero attached hydrogens (tertiary/aromatic N) is 1. The summed E-state index contributed by atoms with van der Waals surface area (Å²) in [6.45, 7) is 3.04. The van der Waals surface area contributed by atoms with Crippen LogP contribution in [0.15, 0.2) is 0 Å². The topological polar surface area (TPSA) is 40.5 Å². The van der Waals surface area contributed by atoms with Crippen LogP contribution in [0.5, 0.6) is 0 Å². The van der Waals surface area contributed by atoms with Gasteiger partial charge in [-0.15, -0.1) is 0 Å². The third kappa shape index (κ3) is 1.68. The minimum atomic E-state index is -1.25. The Kier molecular flexibility index (Phi) is 1.88. The Hall–Kier alpha value is -0.640. The molecule has 1 N–H and O–H groups in total. The van der Waals surface area contributed by atoms with E-state index in [0.717, 1.165) is 0 Å². The molecule has 0 radical (unpaired) electrons. The van der Waals surface area contributed by atoms with Gasteiger partial charge in [0, 0.05) is 0 Å². The van der Waals surface area contributed by atoms with E-state index < -0.39 is 11.8 Å². The van der Waals surface area contributed by atoms with Gasteiger partial charge in [0.15, 0.2) is 0 Å². The minimum absolute atomic E-state index is 0.108. The lowest BCUT2D eigenvalue weighted by atomic mass is 9.98. The van der Waals surface area contributed by atoms with Gasteiger partial charge < -0.3 is 10.0 Å². The second kappa shape index (κ2) is 2.44. The van der Waals surface area contributed by atoms with Crippen molar-refractivity contribution < 1.29 is 14.3 Å². The molecule has 0 unspecified atom stereocenters. The quantitative estimate of drug-likeness (QED) is 0.585. The molecule has 1 saturated heterocycles. The molecule has 0 spiro atoms. The largest absolute Gasteiger partial charge is 0.384 e. The third-order valence-electron chi connectivity index (χ3n) is 1.71. The average Bonchev–Trinajstić information content (AvgIpc) is 1.80. The van der Waals surface area contributed by atoms with Gasteiger partial charge in [0.2, 0.25) is 0 Å². The van der Waals surface area contributed by atoms with E-state index in [1.165, 1.54) is 18.7 Å². The second-order valence-electron chi connectivity index (χ2n) is 3.28. The lowest BCUT2D eigenvalue weighted by molar-refractivity contribution is -0.152. The number of amides is 1. The molecule has 1 heterocycles. The molecule has 4 heteroatoms. The van der Waals surface area contributed by atoms with Gasteiger partial charge >= 0.3 is 0 Å². The molecular formula is C7H12FNO2. The number of carbonyl (C=O) groups excluding carboxylic acids is 1. The molecule has 0 bridgehead atoms. The Morgan fingerprint density at radius 2 is 2.18 bits per heavy atom. The molecular weight excluding hydrogens is 149 g/mol. The lowest BCUT2D eigenvalue weighted by Crippen LogP contribution is -2.61. The Balaban J connectivity index is 2.38. The number of aliphatic hydroxyl groups is 1. The third-order valence-corrected chi connectivity index (χ3v) is 1.71. The van der Waals surface area contributed by atoms with Gasteiger partial charge in [-0.25, -0.2) is 4.39 Å². The van der Waals surface area contributed by atoms with E-state index in [4.69, 9.17) is 5.11 Å². The molecule has 1 amide bonds. The van der Waals surface area contributed by atoms with Crippen molar-refractivity contribution in [1.29, 1.82) is 0 Å². The van der Waals surface area contributed by atoms with Crippen LogP contribution in [0.4, 0.5) is 4.39 Å². The molecule has 3 nitrogen and oxygen atoms in total. The molecule has 11 heavy (non-hydrogen) atoms. The van der Waals surface area contributed by atoms with Gasteiger partial charge in [0.25, 0.3) is 5.91 Å². The highest BCUT2D eigenvalue weighted by molar-refractivity contribution is 5.81. The predicted molar refractivity (Wildman–Crippen MR) is 37.8 cm³/mol. The van der Waals surface area contributed by atoms with Crippen molar-refractivity contribution in [2.24, 2.45) is 0 Å². The SMILES string of the molecule is C[C@@H](O)C(=O)N1CC(C)(F)C1. The van der Waals surface area contributed by atoms with Gasteiger partial charge in [-0.1, -0.05) is 0 Å². The van der Waals surface area contributed by atoms with Crippen molar-refractivity contribution in [3.8, 4) is 0 Å². The van der Waals surface area contributed by atoms with E-state index in [1.807, 2.05) is 0 Å². The highest BCUT2D eigenvalue weighted by atomic mass is 19.1. The van der Waals surface area contributed by atoms with Crippen molar-refractivity contribution >= 4 is 5.91 Å². The van der Waals surface area contributed by atoms with Crippen molar-refractivity contribution in [2.45, 2.75) is 25.6 Å². The zero-order valence-corrected chi connectivity index (χ0v) is 6.67. The molecule has 1 aliphatic heterocycles. The molecule has 0 aromatic carbocycles. The van der Waals surface area contributed by atoms with Gasteiger partial charge in [-0.05, 0) is 13.8 Å². The van der Waals surface area contributed by atoms with Gasteiger partial charge in [-0.3, -0.25) is 4.79 Å². The van der Waals surface area contributed by atoms with Gasteiger partial charge in [0.1, 0.15) is 11.8 Å². The Morgan fingerprint density at radius 3 is 2.45 bits per heavy atom. The second-order valence-corrected chi connectivity index (χ2v) is 3.28. The lowest BCUT2D eigenvalue weighted by Gasteiger charge is -2.42. The monoisotopic (exact) mass is 161 g/mol. The Bertz CT molecular complexity index is 171. The summed E-state index contributed by atoms with van der Waals surface area (Å²) in [7, 11) is 0. The molecule has 0 saturated carbocycles. The van der Waals surface area contributed by atoms with E-state index in [9.17, 15) is 9.18 Å². The van der Waals surface area contributed by atoms with E-state index in [0.29, 0.717) is 0 Å².